The van der Waals surface area contributed by atoms with Gasteiger partial charge in [-0.3, -0.25) is 9.59 Å². The zero-order chi connectivity index (χ0) is 19.6. The van der Waals surface area contributed by atoms with Crippen LogP contribution in [0.5, 0.6) is 5.75 Å². The predicted octanol–water partition coefficient (Wildman–Crippen LogP) is 4.60. The molecule has 27 heavy (non-hydrogen) atoms. The van der Waals surface area contributed by atoms with E-state index in [2.05, 4.69) is 0 Å². The van der Waals surface area contributed by atoms with Crippen molar-refractivity contribution in [3.63, 3.8) is 0 Å². The largest absolute Gasteiger partial charge is 0.496 e. The maximum atomic E-state index is 13.8. The Balaban J connectivity index is 2.14. The van der Waals surface area contributed by atoms with Crippen molar-refractivity contribution in [2.75, 3.05) is 14.2 Å². The Labute approximate surface area is 162 Å². The third-order valence-corrected chi connectivity index (χ3v) is 5.57. The number of rotatable bonds is 4. The molecular weight excluding hydrogens is 369 g/mol. The Hall–Kier alpha value is -2.40. The van der Waals surface area contributed by atoms with Crippen molar-refractivity contribution in [1.82, 2.24) is 4.90 Å². The minimum atomic E-state index is -1.18. The molecule has 0 aliphatic heterocycles. The van der Waals surface area contributed by atoms with Gasteiger partial charge in [-0.15, -0.1) is 0 Å². The van der Waals surface area contributed by atoms with Gasteiger partial charge in [-0.2, -0.15) is 0 Å². The summed E-state index contributed by atoms with van der Waals surface area (Å²) in [5, 5.41) is 0.429. The van der Waals surface area contributed by atoms with E-state index >= 15 is 0 Å². The third kappa shape index (κ3) is 3.32. The lowest BCUT2D eigenvalue weighted by atomic mass is 9.74. The van der Waals surface area contributed by atoms with Crippen LogP contribution in [0.4, 0.5) is 4.39 Å². The zero-order valence-corrected chi connectivity index (χ0v) is 16.1. The van der Waals surface area contributed by atoms with Gasteiger partial charge in [-0.1, -0.05) is 29.8 Å². The molecular formula is C21H21ClFNO3. The van der Waals surface area contributed by atoms with Crippen LogP contribution >= 0.6 is 11.6 Å². The molecule has 2 aromatic rings. The molecule has 0 aromatic heterocycles. The van der Waals surface area contributed by atoms with Crippen molar-refractivity contribution in [2.24, 2.45) is 0 Å². The first-order valence-corrected chi connectivity index (χ1v) is 9.19. The molecule has 6 heteroatoms. The number of hydrogen-bond donors (Lipinski definition) is 0. The first kappa shape index (κ1) is 19.4. The number of halogens is 2. The number of ketones is 1. The SMILES string of the molecule is COc1ccc(F)cc1C(=O)N(C)C1(c2ccccc2Cl)CCCCC1=O. The Morgan fingerprint density at radius 2 is 1.96 bits per heavy atom. The van der Waals surface area contributed by atoms with E-state index in [1.165, 1.54) is 24.1 Å². The van der Waals surface area contributed by atoms with E-state index in [0.29, 0.717) is 23.4 Å². The fourth-order valence-electron chi connectivity index (χ4n) is 3.83. The number of hydrogen-bond acceptors (Lipinski definition) is 3. The minimum absolute atomic E-state index is 0.0620. The van der Waals surface area contributed by atoms with Gasteiger partial charge in [0.25, 0.3) is 5.91 Å². The molecule has 0 N–H and O–H groups in total. The van der Waals surface area contributed by atoms with Gasteiger partial charge >= 0.3 is 0 Å². The van der Waals surface area contributed by atoms with Crippen molar-refractivity contribution in [3.8, 4) is 5.75 Å². The van der Waals surface area contributed by atoms with Crippen LogP contribution in [0.3, 0.4) is 0 Å². The van der Waals surface area contributed by atoms with E-state index in [1.54, 1.807) is 31.3 Å². The summed E-state index contributed by atoms with van der Waals surface area (Å²) in [5.41, 5.74) is -0.502. The average Bonchev–Trinajstić information content (AvgIpc) is 2.68. The average molecular weight is 390 g/mol. The molecule has 0 spiro atoms. The van der Waals surface area contributed by atoms with Crippen LogP contribution < -0.4 is 4.74 Å². The molecule has 142 valence electrons. The number of carbonyl (C=O) groups is 2. The molecule has 1 fully saturated rings. The lowest BCUT2D eigenvalue weighted by Crippen LogP contribution is -2.54. The molecule has 1 atom stereocenters. The van der Waals surface area contributed by atoms with E-state index in [-0.39, 0.29) is 17.1 Å². The molecule has 4 nitrogen and oxygen atoms in total. The molecule has 1 aliphatic carbocycles. The van der Waals surface area contributed by atoms with Crippen molar-refractivity contribution in [1.29, 1.82) is 0 Å². The molecule has 1 aliphatic rings. The van der Waals surface area contributed by atoms with Gasteiger partial charge in [0, 0.05) is 24.1 Å². The Bertz CT molecular complexity index is 885. The first-order chi connectivity index (χ1) is 12.9. The van der Waals surface area contributed by atoms with Gasteiger partial charge in [0.05, 0.1) is 12.7 Å². The summed E-state index contributed by atoms with van der Waals surface area (Å²) < 4.78 is 19.0. The second-order valence-electron chi connectivity index (χ2n) is 6.68. The van der Waals surface area contributed by atoms with Crippen molar-refractivity contribution in [3.05, 3.63) is 64.4 Å². The van der Waals surface area contributed by atoms with Gasteiger partial charge in [0.1, 0.15) is 17.1 Å². The number of likely N-dealkylation sites (N-methyl/N-ethyl adjacent to an activating group) is 1. The van der Waals surface area contributed by atoms with E-state index in [4.69, 9.17) is 16.3 Å². The molecule has 0 saturated heterocycles. The predicted molar refractivity (Wildman–Crippen MR) is 102 cm³/mol. The molecule has 2 aromatic carbocycles. The monoisotopic (exact) mass is 389 g/mol. The minimum Gasteiger partial charge on any atom is -0.496 e. The summed E-state index contributed by atoms with van der Waals surface area (Å²) in [6, 6.07) is 10.8. The Kier molecular flexibility index (Phi) is 5.51. The zero-order valence-electron chi connectivity index (χ0n) is 15.3. The van der Waals surface area contributed by atoms with Crippen LogP contribution in [0.25, 0.3) is 0 Å². The molecule has 1 amide bonds. The molecule has 1 saturated carbocycles. The molecule has 0 radical (unpaired) electrons. The second kappa shape index (κ2) is 7.69. The number of methoxy groups -OCH3 is 1. The smallest absolute Gasteiger partial charge is 0.258 e. The summed E-state index contributed by atoms with van der Waals surface area (Å²) >= 11 is 6.42. The summed E-state index contributed by atoms with van der Waals surface area (Å²) in [7, 11) is 2.98. The van der Waals surface area contributed by atoms with Crippen LogP contribution in [-0.4, -0.2) is 30.7 Å². The van der Waals surface area contributed by atoms with Gasteiger partial charge in [0.2, 0.25) is 0 Å². The van der Waals surface area contributed by atoms with Crippen LogP contribution in [0.2, 0.25) is 5.02 Å². The third-order valence-electron chi connectivity index (χ3n) is 5.24. The van der Waals surface area contributed by atoms with Crippen LogP contribution in [0.1, 0.15) is 41.6 Å². The topological polar surface area (TPSA) is 46.6 Å². The highest BCUT2D eigenvalue weighted by atomic mass is 35.5. The number of ether oxygens (including phenoxy) is 1. The standard InChI is InChI=1S/C21H21ClFNO3/c1-24(20(26)15-13-14(23)10-11-18(15)27-2)21(12-6-5-9-19(21)25)16-7-3-4-8-17(16)22/h3-4,7-8,10-11,13H,5-6,9,12H2,1-2H3. The van der Waals surface area contributed by atoms with Crippen LogP contribution in [0, 0.1) is 5.82 Å². The molecule has 3 rings (SSSR count). The maximum absolute atomic E-state index is 13.8. The number of amides is 1. The maximum Gasteiger partial charge on any atom is 0.258 e. The van der Waals surface area contributed by atoms with E-state index in [9.17, 15) is 14.0 Å². The lowest BCUT2D eigenvalue weighted by Gasteiger charge is -2.44. The van der Waals surface area contributed by atoms with Gasteiger partial charge in [-0.05, 0) is 43.5 Å². The van der Waals surface area contributed by atoms with Crippen molar-refractivity contribution in [2.45, 2.75) is 31.2 Å². The van der Waals surface area contributed by atoms with Crippen molar-refractivity contribution >= 4 is 23.3 Å². The number of Topliss-reactive ketones (excluding diaryl/α,β-unsaturated/α-hetero) is 1. The van der Waals surface area contributed by atoms with E-state index in [1.807, 2.05) is 0 Å². The number of carbonyl (C=O) groups excluding carboxylic acids is 2. The highest BCUT2D eigenvalue weighted by Gasteiger charge is 2.48. The summed E-state index contributed by atoms with van der Waals surface area (Å²) in [6.45, 7) is 0. The van der Waals surface area contributed by atoms with Crippen LogP contribution in [-0.2, 0) is 10.3 Å². The summed E-state index contributed by atoms with van der Waals surface area (Å²) in [4.78, 5) is 27.8. The number of nitrogens with zero attached hydrogens (tertiary/aromatic N) is 1. The summed E-state index contributed by atoms with van der Waals surface area (Å²) in [5.74, 6) is -0.838. The quantitative estimate of drug-likeness (QED) is 0.767. The Morgan fingerprint density at radius 3 is 2.63 bits per heavy atom. The van der Waals surface area contributed by atoms with E-state index < -0.39 is 17.3 Å². The highest BCUT2D eigenvalue weighted by Crippen LogP contribution is 2.43. The van der Waals surface area contributed by atoms with Crippen LogP contribution in [0.15, 0.2) is 42.5 Å². The molecule has 0 heterocycles. The molecule has 0 bridgehead atoms. The van der Waals surface area contributed by atoms with Crippen molar-refractivity contribution < 1.29 is 18.7 Å². The van der Waals surface area contributed by atoms with Gasteiger partial charge < -0.3 is 9.64 Å². The molecule has 1 unspecified atom stereocenters. The fourth-order valence-corrected chi connectivity index (χ4v) is 4.12. The number of benzene rings is 2. The lowest BCUT2D eigenvalue weighted by molar-refractivity contribution is -0.132. The van der Waals surface area contributed by atoms with Gasteiger partial charge in [0.15, 0.2) is 5.78 Å². The summed E-state index contributed by atoms with van der Waals surface area (Å²) in [6.07, 6.45) is 2.39. The Morgan fingerprint density at radius 1 is 1.22 bits per heavy atom. The first-order valence-electron chi connectivity index (χ1n) is 8.82. The van der Waals surface area contributed by atoms with E-state index in [0.717, 1.165) is 18.9 Å². The second-order valence-corrected chi connectivity index (χ2v) is 7.09. The fraction of sp³-hybridized carbons (Fsp3) is 0.333. The van der Waals surface area contributed by atoms with Gasteiger partial charge in [-0.25, -0.2) is 4.39 Å². The highest BCUT2D eigenvalue weighted by molar-refractivity contribution is 6.31. The normalized spacial score (nSPS) is 19.6.